The first kappa shape index (κ1) is 30.1. The molecule has 11 nitrogen and oxygen atoms in total. The molecule has 43 heavy (non-hydrogen) atoms. The molecular weight excluding hydrogens is 566 g/mol. The van der Waals surface area contributed by atoms with E-state index >= 15 is 0 Å². The van der Waals surface area contributed by atoms with Crippen LogP contribution in [0.4, 0.5) is 27.8 Å². The maximum absolute atomic E-state index is 12.6. The van der Waals surface area contributed by atoms with Crippen LogP contribution in [0.15, 0.2) is 67.0 Å². The number of benzene rings is 2. The first-order valence-corrected chi connectivity index (χ1v) is 16.1. The molecule has 0 saturated carbocycles. The van der Waals surface area contributed by atoms with Gasteiger partial charge in [0.2, 0.25) is 16.0 Å². The molecule has 1 aliphatic heterocycles. The summed E-state index contributed by atoms with van der Waals surface area (Å²) in [7, 11) is -1.84. The zero-order chi connectivity index (χ0) is 30.9. The fourth-order valence-electron chi connectivity index (χ4n) is 5.14. The SMILES string of the molecule is CC1CN(c2ccc(Nc3ncc4ccn(Cc5ccccc5N(C)S(C)(=O)=O)c4n3)cc2)CCN1C(=O)OC(C)(C)C. The molecule has 1 unspecified atom stereocenters. The van der Waals surface area contributed by atoms with Gasteiger partial charge in [0.25, 0.3) is 0 Å². The van der Waals surface area contributed by atoms with Crippen molar-refractivity contribution in [2.24, 2.45) is 0 Å². The van der Waals surface area contributed by atoms with Crippen molar-refractivity contribution in [3.8, 4) is 0 Å². The predicted molar refractivity (Wildman–Crippen MR) is 171 cm³/mol. The average molecular weight is 606 g/mol. The molecule has 12 heteroatoms. The van der Waals surface area contributed by atoms with Crippen LogP contribution in [0.25, 0.3) is 11.0 Å². The number of hydrogen-bond donors (Lipinski definition) is 1. The summed E-state index contributed by atoms with van der Waals surface area (Å²) < 4.78 is 33.2. The van der Waals surface area contributed by atoms with Crippen molar-refractivity contribution in [2.45, 2.75) is 45.9 Å². The number of nitrogens with one attached hydrogen (secondary N) is 1. The van der Waals surface area contributed by atoms with E-state index in [0.29, 0.717) is 31.3 Å². The van der Waals surface area contributed by atoms with E-state index < -0.39 is 15.6 Å². The van der Waals surface area contributed by atoms with Crippen LogP contribution < -0.4 is 14.5 Å². The van der Waals surface area contributed by atoms with Gasteiger partial charge in [0.05, 0.1) is 18.5 Å². The lowest BCUT2D eigenvalue weighted by molar-refractivity contribution is 0.0159. The summed E-state index contributed by atoms with van der Waals surface area (Å²) >= 11 is 0. The Morgan fingerprint density at radius 3 is 2.49 bits per heavy atom. The lowest BCUT2D eigenvalue weighted by atomic mass is 10.1. The molecule has 1 atom stereocenters. The summed E-state index contributed by atoms with van der Waals surface area (Å²) in [5, 5.41) is 4.18. The number of carbonyl (C=O) groups excluding carboxylic acids is 1. The van der Waals surface area contributed by atoms with Gasteiger partial charge in [-0.05, 0) is 69.7 Å². The minimum absolute atomic E-state index is 0.0245. The molecule has 0 bridgehead atoms. The highest BCUT2D eigenvalue weighted by Crippen LogP contribution is 2.26. The molecule has 228 valence electrons. The molecule has 1 saturated heterocycles. The topological polar surface area (TPSA) is 113 Å². The van der Waals surface area contributed by atoms with E-state index in [1.54, 1.807) is 24.2 Å². The zero-order valence-corrected chi connectivity index (χ0v) is 26.3. The smallest absolute Gasteiger partial charge is 0.410 e. The summed E-state index contributed by atoms with van der Waals surface area (Å²) in [6.07, 6.45) is 4.63. The van der Waals surface area contributed by atoms with Gasteiger partial charge in [-0.15, -0.1) is 0 Å². The van der Waals surface area contributed by atoms with Crippen LogP contribution in [0.1, 0.15) is 33.3 Å². The number of hydrogen-bond acceptors (Lipinski definition) is 8. The number of para-hydroxylation sites is 1. The van der Waals surface area contributed by atoms with Gasteiger partial charge in [-0.2, -0.15) is 4.98 Å². The molecule has 0 radical (unpaired) electrons. The highest BCUT2D eigenvalue weighted by molar-refractivity contribution is 7.92. The van der Waals surface area contributed by atoms with Gasteiger partial charge in [-0.1, -0.05) is 18.2 Å². The number of anilines is 4. The summed E-state index contributed by atoms with van der Waals surface area (Å²) in [5.41, 5.74) is 3.63. The molecule has 1 amide bonds. The molecule has 2 aromatic carbocycles. The molecular formula is C31H39N7O4S. The highest BCUT2D eigenvalue weighted by Gasteiger charge is 2.31. The summed E-state index contributed by atoms with van der Waals surface area (Å²) in [6, 6.07) is 17.5. The van der Waals surface area contributed by atoms with E-state index in [9.17, 15) is 13.2 Å². The van der Waals surface area contributed by atoms with E-state index in [1.165, 1.54) is 10.6 Å². The molecule has 5 rings (SSSR count). The number of nitrogens with zero attached hydrogens (tertiary/aromatic N) is 6. The summed E-state index contributed by atoms with van der Waals surface area (Å²) in [6.45, 7) is 10.2. The summed E-state index contributed by atoms with van der Waals surface area (Å²) in [4.78, 5) is 25.9. The fraction of sp³-hybridized carbons (Fsp3) is 0.387. The molecule has 0 aliphatic carbocycles. The van der Waals surface area contributed by atoms with E-state index in [2.05, 4.69) is 27.3 Å². The molecule has 1 aliphatic rings. The maximum Gasteiger partial charge on any atom is 0.410 e. The van der Waals surface area contributed by atoms with Gasteiger partial charge in [0, 0.05) is 61.9 Å². The van der Waals surface area contributed by atoms with Crippen LogP contribution in [0.5, 0.6) is 0 Å². The monoisotopic (exact) mass is 605 g/mol. The van der Waals surface area contributed by atoms with Crippen LogP contribution in [-0.4, -0.2) is 78.5 Å². The van der Waals surface area contributed by atoms with E-state index in [-0.39, 0.29) is 12.1 Å². The molecule has 4 aromatic rings. The van der Waals surface area contributed by atoms with Gasteiger partial charge in [0.1, 0.15) is 11.2 Å². The lowest BCUT2D eigenvalue weighted by Gasteiger charge is -2.41. The van der Waals surface area contributed by atoms with Crippen molar-refractivity contribution >= 4 is 50.2 Å². The van der Waals surface area contributed by atoms with Gasteiger partial charge in [-0.3, -0.25) is 4.31 Å². The second kappa shape index (κ2) is 11.8. The minimum Gasteiger partial charge on any atom is -0.444 e. The van der Waals surface area contributed by atoms with E-state index in [1.807, 2.05) is 74.9 Å². The maximum atomic E-state index is 12.6. The molecule has 2 aromatic heterocycles. The van der Waals surface area contributed by atoms with E-state index in [4.69, 9.17) is 9.72 Å². The molecule has 0 spiro atoms. The van der Waals surface area contributed by atoms with Gasteiger partial charge in [-0.25, -0.2) is 18.2 Å². The minimum atomic E-state index is -3.40. The Morgan fingerprint density at radius 2 is 1.81 bits per heavy atom. The van der Waals surface area contributed by atoms with Gasteiger partial charge < -0.3 is 24.4 Å². The molecule has 1 fully saturated rings. The van der Waals surface area contributed by atoms with Crippen molar-refractivity contribution in [1.29, 1.82) is 0 Å². The number of aromatic nitrogens is 3. The van der Waals surface area contributed by atoms with Crippen LogP contribution in [0, 0.1) is 0 Å². The fourth-order valence-corrected chi connectivity index (χ4v) is 5.68. The number of piperazine rings is 1. The first-order chi connectivity index (χ1) is 20.3. The third kappa shape index (κ3) is 7.02. The van der Waals surface area contributed by atoms with Crippen LogP contribution in [0.2, 0.25) is 0 Å². The number of rotatable bonds is 7. The Hall–Kier alpha value is -4.32. The zero-order valence-electron chi connectivity index (χ0n) is 25.5. The Kier molecular flexibility index (Phi) is 8.24. The number of ether oxygens (including phenoxy) is 1. The van der Waals surface area contributed by atoms with Crippen molar-refractivity contribution in [3.05, 3.63) is 72.6 Å². The summed E-state index contributed by atoms with van der Waals surface area (Å²) in [5.74, 6) is 0.460. The number of carbonyl (C=O) groups is 1. The predicted octanol–water partition coefficient (Wildman–Crippen LogP) is 5.06. The van der Waals surface area contributed by atoms with E-state index in [0.717, 1.165) is 34.5 Å². The number of fused-ring (bicyclic) bond motifs is 1. The third-order valence-corrected chi connectivity index (χ3v) is 8.61. The van der Waals surface area contributed by atoms with Gasteiger partial charge in [0.15, 0.2) is 0 Å². The quantitative estimate of drug-likeness (QED) is 0.311. The molecule has 1 N–H and O–H groups in total. The standard InChI is InChI=1S/C31H39N7O4S/c1-22-20-36(17-18-38(22)30(39)42-31(2,3)4)26-13-11-25(12-14-26)33-29-32-19-23-15-16-37(28(23)34-29)21-24-9-7-8-10-27(24)35(5)43(6,40)41/h7-16,19,22H,17-18,20-21H2,1-6H3,(H,32,33,34). The number of amides is 1. The Morgan fingerprint density at radius 1 is 1.09 bits per heavy atom. The second-order valence-electron chi connectivity index (χ2n) is 11.9. The average Bonchev–Trinajstić information content (AvgIpc) is 3.33. The van der Waals surface area contributed by atoms with Crippen LogP contribution >= 0.6 is 0 Å². The van der Waals surface area contributed by atoms with Gasteiger partial charge >= 0.3 is 6.09 Å². The second-order valence-corrected chi connectivity index (χ2v) is 13.9. The first-order valence-electron chi connectivity index (χ1n) is 14.2. The molecule has 3 heterocycles. The third-order valence-electron chi connectivity index (χ3n) is 7.42. The van der Waals surface area contributed by atoms with Crippen molar-refractivity contribution in [3.63, 3.8) is 0 Å². The number of sulfonamides is 1. The largest absolute Gasteiger partial charge is 0.444 e. The Bertz CT molecular complexity index is 1710. The lowest BCUT2D eigenvalue weighted by Crippen LogP contribution is -2.55. The van der Waals surface area contributed by atoms with Crippen molar-refractivity contribution in [1.82, 2.24) is 19.4 Å². The Balaban J connectivity index is 1.27. The Labute approximate surface area is 253 Å². The normalized spacial score (nSPS) is 15.9. The van der Waals surface area contributed by atoms with Crippen molar-refractivity contribution in [2.75, 3.05) is 47.5 Å². The van der Waals surface area contributed by atoms with Crippen molar-refractivity contribution < 1.29 is 17.9 Å². The highest BCUT2D eigenvalue weighted by atomic mass is 32.2. The van der Waals surface area contributed by atoms with Crippen LogP contribution in [-0.2, 0) is 21.3 Å². The van der Waals surface area contributed by atoms with Crippen LogP contribution in [0.3, 0.4) is 0 Å².